The van der Waals surface area contributed by atoms with Crippen LogP contribution in [0.2, 0.25) is 0 Å². The molecule has 0 saturated carbocycles. The van der Waals surface area contributed by atoms with Gasteiger partial charge in [0, 0.05) is 0 Å². The molecule has 0 aromatic rings. The molecule has 8 nitrogen and oxygen atoms in total. The Balaban J connectivity index is -0.0000000457. The summed E-state index contributed by atoms with van der Waals surface area (Å²) in [4.78, 5) is 0. The molecule has 0 aliphatic carbocycles. The van der Waals surface area contributed by atoms with Gasteiger partial charge in [0.1, 0.15) is 0 Å². The SMILES string of the molecule is O=S(=O)(O)O.[Na+].[Na+].[O]=[Cr](=[O])([O-])[O-]. The quantitative estimate of drug-likeness (QED) is 0.321. The van der Waals surface area contributed by atoms with E-state index in [1.165, 1.54) is 0 Å². The molecule has 0 radical (unpaired) electrons. The Hall–Kier alpha value is 1.92. The average molecular weight is 260 g/mol. The maximum absolute atomic E-state index is 8.74. The molecule has 0 atom stereocenters. The topological polar surface area (TPSA) is 155 Å². The van der Waals surface area contributed by atoms with Crippen molar-refractivity contribution in [2.75, 3.05) is 0 Å². The summed E-state index contributed by atoms with van der Waals surface area (Å²) in [5.41, 5.74) is 0. The predicted octanol–water partition coefficient (Wildman–Crippen LogP) is -9.26. The Bertz CT molecular complexity index is 213. The van der Waals surface area contributed by atoms with Crippen LogP contribution < -0.4 is 67.4 Å². The standard InChI is InChI=1S/Cr.2Na.H2O4S.4O/c;;;1-5(2,3)4;;;;/h;;;(H2,1,2,3,4);;;;/q;2*+1;;;;2*-1. The van der Waals surface area contributed by atoms with Gasteiger partial charge in [0.2, 0.25) is 0 Å². The monoisotopic (exact) mass is 260 g/mol. The molecule has 64 valence electrons. The van der Waals surface area contributed by atoms with Crippen molar-refractivity contribution in [3.8, 4) is 0 Å². The zero-order valence-corrected chi connectivity index (χ0v) is 12.3. The van der Waals surface area contributed by atoms with Gasteiger partial charge in [-0.15, -0.1) is 0 Å². The summed E-state index contributed by atoms with van der Waals surface area (Å²) < 4.78 is 66.0. The molecule has 0 saturated heterocycles. The van der Waals surface area contributed by atoms with Gasteiger partial charge < -0.3 is 0 Å². The van der Waals surface area contributed by atoms with E-state index < -0.39 is 24.0 Å². The van der Waals surface area contributed by atoms with E-state index in [-0.39, 0.29) is 59.1 Å². The number of hydrogen-bond acceptors (Lipinski definition) is 6. The van der Waals surface area contributed by atoms with Crippen LogP contribution in [0.25, 0.3) is 0 Å². The Kier molecular flexibility index (Phi) is 18.6. The van der Waals surface area contributed by atoms with Crippen LogP contribution in [0, 0.1) is 0 Å². The van der Waals surface area contributed by atoms with Crippen molar-refractivity contribution < 1.29 is 106 Å². The zero-order valence-electron chi connectivity index (χ0n) is 6.16. The molecule has 0 amide bonds. The van der Waals surface area contributed by atoms with Gasteiger partial charge in [-0.05, 0) is 0 Å². The van der Waals surface area contributed by atoms with Crippen molar-refractivity contribution in [3.05, 3.63) is 0 Å². The van der Waals surface area contributed by atoms with Crippen LogP contribution in [0.4, 0.5) is 0 Å². The summed E-state index contributed by atoms with van der Waals surface area (Å²) >= 11 is -5.75. The molecule has 0 aromatic heterocycles. The van der Waals surface area contributed by atoms with Crippen LogP contribution in [0.15, 0.2) is 0 Å². The van der Waals surface area contributed by atoms with E-state index in [2.05, 4.69) is 0 Å². The first kappa shape index (κ1) is 23.6. The molecular formula is H2CrNa2O8S. The minimum absolute atomic E-state index is 0. The summed E-state index contributed by atoms with van der Waals surface area (Å²) in [5.74, 6) is 0. The van der Waals surface area contributed by atoms with Gasteiger partial charge >= 0.3 is 99.1 Å². The zero-order chi connectivity index (χ0) is 9.00. The summed E-state index contributed by atoms with van der Waals surface area (Å²) in [6, 6.07) is 0. The van der Waals surface area contributed by atoms with E-state index in [4.69, 9.17) is 33.4 Å². The fourth-order valence-corrected chi connectivity index (χ4v) is 0. The Labute approximate surface area is 115 Å². The van der Waals surface area contributed by atoms with Gasteiger partial charge in [0.25, 0.3) is 0 Å². The van der Waals surface area contributed by atoms with Crippen molar-refractivity contribution >= 4 is 10.4 Å². The predicted molar refractivity (Wildman–Crippen MR) is 15.6 cm³/mol. The van der Waals surface area contributed by atoms with E-state index in [0.29, 0.717) is 0 Å². The van der Waals surface area contributed by atoms with Crippen LogP contribution >= 0.6 is 0 Å². The van der Waals surface area contributed by atoms with Crippen molar-refractivity contribution in [2.45, 2.75) is 0 Å². The van der Waals surface area contributed by atoms with Gasteiger partial charge in [-0.25, -0.2) is 0 Å². The molecule has 0 heterocycles. The summed E-state index contributed by atoms with van der Waals surface area (Å²) in [7, 11) is -4.67. The summed E-state index contributed by atoms with van der Waals surface area (Å²) in [6.45, 7) is 0. The molecule has 12 heavy (non-hydrogen) atoms. The Morgan fingerprint density at radius 3 is 1.00 bits per heavy atom. The molecule has 0 aliphatic heterocycles. The van der Waals surface area contributed by atoms with Crippen molar-refractivity contribution in [1.82, 2.24) is 0 Å². The van der Waals surface area contributed by atoms with Gasteiger partial charge in [0.05, 0.1) is 0 Å². The second kappa shape index (κ2) is 9.48. The van der Waals surface area contributed by atoms with Crippen molar-refractivity contribution in [1.29, 1.82) is 0 Å². The first-order chi connectivity index (χ1) is 4.00. The second-order valence-electron chi connectivity index (χ2n) is 0.856. The van der Waals surface area contributed by atoms with Gasteiger partial charge in [0.15, 0.2) is 0 Å². The van der Waals surface area contributed by atoms with E-state index in [0.717, 1.165) is 0 Å². The first-order valence-electron chi connectivity index (χ1n) is 1.37. The average Bonchev–Trinajstić information content (AvgIpc) is 1.12. The van der Waals surface area contributed by atoms with Crippen LogP contribution in [0.1, 0.15) is 0 Å². The molecule has 0 rings (SSSR count). The van der Waals surface area contributed by atoms with Crippen LogP contribution in [0.3, 0.4) is 0 Å². The Morgan fingerprint density at radius 2 is 1.00 bits per heavy atom. The summed E-state index contributed by atoms with van der Waals surface area (Å²) in [6.07, 6.45) is 0. The summed E-state index contributed by atoms with van der Waals surface area (Å²) in [5, 5.41) is 0. The number of hydrogen-bond donors (Lipinski definition) is 2. The normalized spacial score (nSPS) is 9.67. The fraction of sp³-hybridized carbons (Fsp3) is 0. The van der Waals surface area contributed by atoms with Crippen LogP contribution in [0.5, 0.6) is 0 Å². The fourth-order valence-electron chi connectivity index (χ4n) is 0. The van der Waals surface area contributed by atoms with Crippen LogP contribution in [-0.4, -0.2) is 17.5 Å². The molecule has 0 aliphatic rings. The van der Waals surface area contributed by atoms with E-state index in [9.17, 15) is 0 Å². The van der Waals surface area contributed by atoms with E-state index in [1.807, 2.05) is 0 Å². The third-order valence-corrected chi connectivity index (χ3v) is 0. The van der Waals surface area contributed by atoms with Crippen LogP contribution in [-0.2, 0) is 31.6 Å². The van der Waals surface area contributed by atoms with E-state index >= 15 is 0 Å². The maximum atomic E-state index is 8.74. The van der Waals surface area contributed by atoms with Gasteiger partial charge in [-0.1, -0.05) is 0 Å². The molecule has 2 N–H and O–H groups in total. The van der Waals surface area contributed by atoms with E-state index in [1.54, 1.807) is 0 Å². The molecule has 0 bridgehead atoms. The number of rotatable bonds is 0. The van der Waals surface area contributed by atoms with Crippen molar-refractivity contribution in [3.63, 3.8) is 0 Å². The van der Waals surface area contributed by atoms with Crippen molar-refractivity contribution in [2.24, 2.45) is 0 Å². The molecule has 0 fully saturated rings. The van der Waals surface area contributed by atoms with Gasteiger partial charge in [-0.3, -0.25) is 9.11 Å². The third-order valence-electron chi connectivity index (χ3n) is 0. The Morgan fingerprint density at radius 1 is 1.00 bits per heavy atom. The minimum atomic E-state index is -5.75. The molecule has 12 heteroatoms. The third kappa shape index (κ3) is 385. The molecule has 0 unspecified atom stereocenters. The second-order valence-corrected chi connectivity index (χ2v) is 3.03. The molecule has 0 spiro atoms. The molecule has 0 aromatic carbocycles. The first-order valence-corrected chi connectivity index (χ1v) is 4.84. The van der Waals surface area contributed by atoms with Gasteiger partial charge in [-0.2, -0.15) is 8.42 Å². The molecular weight excluding hydrogens is 258 g/mol.